The van der Waals surface area contributed by atoms with Crippen molar-refractivity contribution in [3.05, 3.63) is 45.1 Å². The lowest BCUT2D eigenvalue weighted by molar-refractivity contribution is 0.309. The van der Waals surface area contributed by atoms with E-state index in [0.29, 0.717) is 23.5 Å². The van der Waals surface area contributed by atoms with Crippen molar-refractivity contribution in [2.75, 3.05) is 6.61 Å². The maximum atomic E-state index is 12.3. The highest BCUT2D eigenvalue weighted by atomic mass is 16.5. The van der Waals surface area contributed by atoms with Gasteiger partial charge in [-0.2, -0.15) is 0 Å². The minimum absolute atomic E-state index is 0.0234. The summed E-state index contributed by atoms with van der Waals surface area (Å²) in [5.41, 5.74) is 4.40. The van der Waals surface area contributed by atoms with E-state index in [2.05, 4.69) is 11.9 Å². The van der Waals surface area contributed by atoms with Crippen molar-refractivity contribution in [2.24, 2.45) is 0 Å². The van der Waals surface area contributed by atoms with Crippen LogP contribution in [0, 0.1) is 20.8 Å². The van der Waals surface area contributed by atoms with Crippen molar-refractivity contribution >= 4 is 11.1 Å². The molecule has 2 aliphatic rings. The maximum absolute atomic E-state index is 12.3. The summed E-state index contributed by atoms with van der Waals surface area (Å²) in [7, 11) is 0. The Labute approximate surface area is 135 Å². The molecule has 1 aromatic rings. The second-order valence-electron chi connectivity index (χ2n) is 5.93. The van der Waals surface area contributed by atoms with E-state index >= 15 is 0 Å². The van der Waals surface area contributed by atoms with E-state index in [9.17, 15) is 4.79 Å². The van der Waals surface area contributed by atoms with Crippen LogP contribution in [0.1, 0.15) is 36.5 Å². The summed E-state index contributed by atoms with van der Waals surface area (Å²) in [5.74, 6) is 1.33. The Morgan fingerprint density at radius 3 is 2.65 bits per heavy atom. The first-order valence-electron chi connectivity index (χ1n) is 8.00. The van der Waals surface area contributed by atoms with Gasteiger partial charge in [-0.25, -0.2) is 4.98 Å². The van der Waals surface area contributed by atoms with Crippen LogP contribution < -0.4 is 10.2 Å². The molecule has 1 aliphatic heterocycles. The van der Waals surface area contributed by atoms with E-state index in [-0.39, 0.29) is 5.43 Å². The topological polar surface area (TPSA) is 52.3 Å². The second kappa shape index (κ2) is 6.03. The molecule has 3 rings (SSSR count). The molecule has 0 saturated heterocycles. The van der Waals surface area contributed by atoms with Crippen LogP contribution >= 0.6 is 0 Å². The average Bonchev–Trinajstić information content (AvgIpc) is 2.57. The van der Waals surface area contributed by atoms with E-state index in [4.69, 9.17) is 9.15 Å². The second-order valence-corrected chi connectivity index (χ2v) is 5.93. The SMILES string of the molecule is CCCCOc1ccc2nc3c(C)c(C)c(=O)c(C)c-3oc2c1. The van der Waals surface area contributed by atoms with Gasteiger partial charge in [-0.3, -0.25) is 4.79 Å². The monoisotopic (exact) mass is 311 g/mol. The molecular weight excluding hydrogens is 290 g/mol. The van der Waals surface area contributed by atoms with Gasteiger partial charge in [0.25, 0.3) is 0 Å². The van der Waals surface area contributed by atoms with Gasteiger partial charge in [0.15, 0.2) is 16.8 Å². The Hall–Kier alpha value is -2.36. The molecule has 23 heavy (non-hydrogen) atoms. The van der Waals surface area contributed by atoms with Crippen LogP contribution in [0.5, 0.6) is 5.75 Å². The summed E-state index contributed by atoms with van der Waals surface area (Å²) in [6, 6.07) is 5.65. The zero-order chi connectivity index (χ0) is 16.6. The molecular formula is C19H21NO3. The van der Waals surface area contributed by atoms with Crippen molar-refractivity contribution in [3.63, 3.8) is 0 Å². The summed E-state index contributed by atoms with van der Waals surface area (Å²) in [4.78, 5) is 17.0. The van der Waals surface area contributed by atoms with Crippen LogP contribution in [0.2, 0.25) is 0 Å². The summed E-state index contributed by atoms with van der Waals surface area (Å²) in [6.07, 6.45) is 2.11. The first-order valence-corrected chi connectivity index (χ1v) is 8.00. The summed E-state index contributed by atoms with van der Waals surface area (Å²) in [5, 5.41) is 0. The molecule has 0 unspecified atom stereocenters. The van der Waals surface area contributed by atoms with Gasteiger partial charge >= 0.3 is 0 Å². The first kappa shape index (κ1) is 15.5. The van der Waals surface area contributed by atoms with Gasteiger partial charge in [-0.15, -0.1) is 0 Å². The van der Waals surface area contributed by atoms with E-state index < -0.39 is 0 Å². The van der Waals surface area contributed by atoms with Crippen molar-refractivity contribution < 1.29 is 9.15 Å². The molecule has 120 valence electrons. The van der Waals surface area contributed by atoms with Gasteiger partial charge in [-0.1, -0.05) is 13.3 Å². The Balaban J connectivity index is 2.17. The van der Waals surface area contributed by atoms with E-state index in [0.717, 1.165) is 40.9 Å². The molecule has 1 aromatic carbocycles. The molecule has 1 heterocycles. The molecule has 0 atom stereocenters. The molecule has 0 amide bonds. The van der Waals surface area contributed by atoms with E-state index in [1.165, 1.54) is 0 Å². The quantitative estimate of drug-likeness (QED) is 0.529. The fourth-order valence-electron chi connectivity index (χ4n) is 2.66. The summed E-state index contributed by atoms with van der Waals surface area (Å²) in [6.45, 7) is 8.35. The molecule has 4 heteroatoms. The highest BCUT2D eigenvalue weighted by molar-refractivity contribution is 5.79. The minimum Gasteiger partial charge on any atom is -0.493 e. The minimum atomic E-state index is 0.0234. The number of nitrogens with zero attached hydrogens (tertiary/aromatic N) is 1. The van der Waals surface area contributed by atoms with Crippen molar-refractivity contribution in [1.82, 2.24) is 4.98 Å². The normalized spacial score (nSPS) is 11.3. The average molecular weight is 311 g/mol. The van der Waals surface area contributed by atoms with Crippen LogP contribution in [0.4, 0.5) is 0 Å². The smallest absolute Gasteiger partial charge is 0.188 e. The van der Waals surface area contributed by atoms with Crippen LogP contribution in [0.25, 0.3) is 22.6 Å². The molecule has 0 spiro atoms. The number of hydrogen-bond donors (Lipinski definition) is 0. The predicted molar refractivity (Wildman–Crippen MR) is 91.5 cm³/mol. The lowest BCUT2D eigenvalue weighted by atomic mass is 9.99. The lowest BCUT2D eigenvalue weighted by Crippen LogP contribution is -2.14. The highest BCUT2D eigenvalue weighted by Gasteiger charge is 2.20. The van der Waals surface area contributed by atoms with E-state index in [1.54, 1.807) is 6.92 Å². The highest BCUT2D eigenvalue weighted by Crippen LogP contribution is 2.31. The Kier molecular flexibility index (Phi) is 4.07. The fourth-order valence-corrected chi connectivity index (χ4v) is 2.66. The van der Waals surface area contributed by atoms with Crippen molar-refractivity contribution in [3.8, 4) is 17.2 Å². The largest absolute Gasteiger partial charge is 0.493 e. The Morgan fingerprint density at radius 1 is 1.13 bits per heavy atom. The van der Waals surface area contributed by atoms with Crippen LogP contribution in [-0.2, 0) is 0 Å². The molecule has 0 saturated carbocycles. The number of hydrogen-bond acceptors (Lipinski definition) is 4. The number of benzene rings is 2. The van der Waals surface area contributed by atoms with Crippen LogP contribution in [0.15, 0.2) is 27.4 Å². The zero-order valence-corrected chi connectivity index (χ0v) is 14.0. The summed E-state index contributed by atoms with van der Waals surface area (Å²) < 4.78 is 11.7. The maximum Gasteiger partial charge on any atom is 0.188 e. The molecule has 0 radical (unpaired) electrons. The molecule has 0 N–H and O–H groups in total. The Morgan fingerprint density at radius 2 is 1.91 bits per heavy atom. The first-order chi connectivity index (χ1) is 11.0. The van der Waals surface area contributed by atoms with Gasteiger partial charge in [0, 0.05) is 17.2 Å². The van der Waals surface area contributed by atoms with Gasteiger partial charge in [0.05, 0.1) is 6.61 Å². The van der Waals surface area contributed by atoms with Crippen LogP contribution in [-0.4, -0.2) is 11.6 Å². The third-order valence-electron chi connectivity index (χ3n) is 4.30. The van der Waals surface area contributed by atoms with Gasteiger partial charge in [0.2, 0.25) is 0 Å². The standard InChI is InChI=1S/C19H21NO3/c1-5-6-9-22-14-7-8-15-16(10-14)23-19-13(4)18(21)12(3)11(2)17(19)20-15/h7-8,10H,5-6,9H2,1-4H3. The van der Waals surface area contributed by atoms with Crippen molar-refractivity contribution in [1.29, 1.82) is 0 Å². The number of fused-ring (bicyclic) bond motifs is 2. The number of unbranched alkanes of at least 4 members (excludes halogenated alkanes) is 1. The molecule has 0 bridgehead atoms. The Bertz CT molecular complexity index is 895. The molecule has 4 nitrogen and oxygen atoms in total. The summed E-state index contributed by atoms with van der Waals surface area (Å²) >= 11 is 0. The predicted octanol–water partition coefficient (Wildman–Crippen LogP) is 4.40. The third-order valence-corrected chi connectivity index (χ3v) is 4.30. The molecule has 0 fully saturated rings. The van der Waals surface area contributed by atoms with Gasteiger partial charge < -0.3 is 9.15 Å². The van der Waals surface area contributed by atoms with Crippen molar-refractivity contribution in [2.45, 2.75) is 40.5 Å². The van der Waals surface area contributed by atoms with Gasteiger partial charge in [-0.05, 0) is 44.9 Å². The number of aromatic nitrogens is 1. The molecule has 0 aromatic heterocycles. The lowest BCUT2D eigenvalue weighted by Gasteiger charge is -2.14. The fraction of sp³-hybridized carbons (Fsp3) is 0.368. The number of rotatable bonds is 4. The van der Waals surface area contributed by atoms with E-state index in [1.807, 2.05) is 32.0 Å². The van der Waals surface area contributed by atoms with Crippen LogP contribution in [0.3, 0.4) is 0 Å². The third kappa shape index (κ3) is 2.69. The van der Waals surface area contributed by atoms with Gasteiger partial charge in [0.1, 0.15) is 17.0 Å². The number of ether oxygens (including phenoxy) is 1. The zero-order valence-electron chi connectivity index (χ0n) is 14.0. The molecule has 1 aliphatic carbocycles.